The molecule has 1 aliphatic rings. The number of fused-ring (bicyclic) bond motifs is 1. The highest BCUT2D eigenvalue weighted by molar-refractivity contribution is 5.49. The van der Waals surface area contributed by atoms with Crippen molar-refractivity contribution in [3.05, 3.63) is 48.4 Å². The first-order valence-electron chi connectivity index (χ1n) is 9.20. The number of anilines is 2. The fourth-order valence-corrected chi connectivity index (χ4v) is 3.54. The van der Waals surface area contributed by atoms with Gasteiger partial charge in [0.25, 0.3) is 5.78 Å². The standard InChI is InChI=1S/C18H20N10/c1-13-11-17(28-18(22-13)20-12-21-28)26-9-7-25(8-10-26)15-3-4-16(24-23-15)27-6-5-19-14(27)2/h3-6,11-12H,7-10H2,1-2H3. The van der Waals surface area contributed by atoms with Crippen LogP contribution in [0, 0.1) is 13.8 Å². The van der Waals surface area contributed by atoms with Crippen LogP contribution in [0.4, 0.5) is 11.6 Å². The molecule has 0 N–H and O–H groups in total. The molecule has 5 rings (SSSR count). The van der Waals surface area contributed by atoms with E-state index in [1.807, 2.05) is 36.7 Å². The molecule has 0 amide bonds. The summed E-state index contributed by atoms with van der Waals surface area (Å²) in [6, 6.07) is 6.05. The summed E-state index contributed by atoms with van der Waals surface area (Å²) in [5, 5.41) is 13.1. The van der Waals surface area contributed by atoms with Crippen LogP contribution in [0.2, 0.25) is 0 Å². The SMILES string of the molecule is Cc1cc(N2CCN(c3ccc(-n4ccnc4C)nn3)CC2)n2ncnc2n1. The minimum Gasteiger partial charge on any atom is -0.353 e. The lowest BCUT2D eigenvalue weighted by molar-refractivity contribution is 0.629. The van der Waals surface area contributed by atoms with Gasteiger partial charge in [-0.3, -0.25) is 4.57 Å². The van der Waals surface area contributed by atoms with Gasteiger partial charge in [0, 0.05) is 50.3 Å². The van der Waals surface area contributed by atoms with Crippen LogP contribution in [0.25, 0.3) is 11.6 Å². The van der Waals surface area contributed by atoms with E-state index in [1.54, 1.807) is 17.0 Å². The molecule has 10 nitrogen and oxygen atoms in total. The summed E-state index contributed by atoms with van der Waals surface area (Å²) >= 11 is 0. The second-order valence-corrected chi connectivity index (χ2v) is 6.80. The van der Waals surface area contributed by atoms with Crippen LogP contribution in [0.15, 0.2) is 36.9 Å². The van der Waals surface area contributed by atoms with E-state index < -0.39 is 0 Å². The first-order chi connectivity index (χ1) is 13.7. The van der Waals surface area contributed by atoms with E-state index >= 15 is 0 Å². The van der Waals surface area contributed by atoms with Gasteiger partial charge >= 0.3 is 0 Å². The van der Waals surface area contributed by atoms with Crippen molar-refractivity contribution < 1.29 is 0 Å². The van der Waals surface area contributed by atoms with E-state index in [0.29, 0.717) is 5.78 Å². The van der Waals surface area contributed by atoms with Crippen molar-refractivity contribution in [3.63, 3.8) is 0 Å². The highest BCUT2D eigenvalue weighted by atomic mass is 15.4. The van der Waals surface area contributed by atoms with E-state index in [0.717, 1.165) is 55.2 Å². The molecule has 0 aromatic carbocycles. The fraction of sp³-hybridized carbons (Fsp3) is 0.333. The summed E-state index contributed by atoms with van der Waals surface area (Å²) in [7, 11) is 0. The largest absolute Gasteiger partial charge is 0.353 e. The number of hydrogen-bond donors (Lipinski definition) is 0. The molecule has 4 aromatic heterocycles. The van der Waals surface area contributed by atoms with Crippen molar-refractivity contribution in [2.24, 2.45) is 0 Å². The monoisotopic (exact) mass is 376 g/mol. The van der Waals surface area contributed by atoms with Gasteiger partial charge in [-0.25, -0.2) is 9.97 Å². The number of hydrogen-bond acceptors (Lipinski definition) is 8. The van der Waals surface area contributed by atoms with Crippen molar-refractivity contribution in [1.82, 2.24) is 39.3 Å². The van der Waals surface area contributed by atoms with Gasteiger partial charge in [-0.15, -0.1) is 10.2 Å². The Morgan fingerprint density at radius 3 is 2.36 bits per heavy atom. The molecule has 0 radical (unpaired) electrons. The van der Waals surface area contributed by atoms with Gasteiger partial charge < -0.3 is 9.80 Å². The van der Waals surface area contributed by atoms with Gasteiger partial charge in [0.15, 0.2) is 11.6 Å². The molecule has 0 atom stereocenters. The number of aromatic nitrogens is 8. The molecule has 28 heavy (non-hydrogen) atoms. The van der Waals surface area contributed by atoms with E-state index in [1.165, 1.54) is 0 Å². The minimum absolute atomic E-state index is 0.633. The summed E-state index contributed by atoms with van der Waals surface area (Å²) in [5.41, 5.74) is 0.939. The zero-order chi connectivity index (χ0) is 19.1. The average Bonchev–Trinajstić information content (AvgIpc) is 3.36. The third-order valence-corrected chi connectivity index (χ3v) is 5.00. The summed E-state index contributed by atoms with van der Waals surface area (Å²) in [5.74, 6) is 4.21. The first kappa shape index (κ1) is 16.6. The topological polar surface area (TPSA) is 93.2 Å². The highest BCUT2D eigenvalue weighted by Crippen LogP contribution is 2.20. The van der Waals surface area contributed by atoms with Gasteiger partial charge in [-0.1, -0.05) is 0 Å². The summed E-state index contributed by atoms with van der Waals surface area (Å²) in [6.07, 6.45) is 5.19. The van der Waals surface area contributed by atoms with E-state index in [-0.39, 0.29) is 0 Å². The Morgan fingerprint density at radius 1 is 0.893 bits per heavy atom. The van der Waals surface area contributed by atoms with E-state index in [9.17, 15) is 0 Å². The fourth-order valence-electron chi connectivity index (χ4n) is 3.54. The Hall–Kier alpha value is -3.56. The van der Waals surface area contributed by atoms with Crippen LogP contribution in [-0.2, 0) is 0 Å². The lowest BCUT2D eigenvalue weighted by atomic mass is 10.3. The van der Waals surface area contributed by atoms with Crippen molar-refractivity contribution in [3.8, 4) is 5.82 Å². The first-order valence-corrected chi connectivity index (χ1v) is 9.20. The lowest BCUT2D eigenvalue weighted by Gasteiger charge is -2.36. The number of aryl methyl sites for hydroxylation is 2. The van der Waals surface area contributed by atoms with E-state index in [2.05, 4.69) is 46.1 Å². The maximum atomic E-state index is 4.42. The molecular formula is C18H20N10. The summed E-state index contributed by atoms with van der Waals surface area (Å²) in [6.45, 7) is 7.37. The highest BCUT2D eigenvalue weighted by Gasteiger charge is 2.21. The van der Waals surface area contributed by atoms with Gasteiger partial charge in [0.05, 0.1) is 0 Å². The molecule has 0 unspecified atom stereocenters. The molecule has 142 valence electrons. The molecular weight excluding hydrogens is 356 g/mol. The maximum Gasteiger partial charge on any atom is 0.254 e. The number of rotatable bonds is 3. The van der Waals surface area contributed by atoms with Crippen molar-refractivity contribution >= 4 is 17.4 Å². The van der Waals surface area contributed by atoms with E-state index in [4.69, 9.17) is 0 Å². The normalized spacial score (nSPS) is 14.8. The molecule has 1 fully saturated rings. The Balaban J connectivity index is 1.32. The second kappa shape index (κ2) is 6.55. The van der Waals surface area contributed by atoms with Crippen molar-refractivity contribution in [2.75, 3.05) is 36.0 Å². The van der Waals surface area contributed by atoms with Gasteiger partial charge in [-0.05, 0) is 26.0 Å². The molecule has 0 spiro atoms. The maximum absolute atomic E-state index is 4.42. The molecule has 0 saturated carbocycles. The predicted octanol–water partition coefficient (Wildman–Crippen LogP) is 1.04. The van der Waals surface area contributed by atoms with Crippen molar-refractivity contribution in [2.45, 2.75) is 13.8 Å². The zero-order valence-corrected chi connectivity index (χ0v) is 15.8. The van der Waals surface area contributed by atoms with Crippen LogP contribution in [0.5, 0.6) is 0 Å². The summed E-state index contributed by atoms with van der Waals surface area (Å²) < 4.78 is 3.72. The second-order valence-electron chi connectivity index (χ2n) is 6.80. The Bertz CT molecular complexity index is 1110. The molecule has 5 heterocycles. The molecule has 4 aromatic rings. The minimum atomic E-state index is 0.633. The van der Waals surface area contributed by atoms with Crippen LogP contribution in [-0.4, -0.2) is 65.5 Å². The van der Waals surface area contributed by atoms with Crippen LogP contribution in [0.3, 0.4) is 0 Å². The number of imidazole rings is 1. The summed E-state index contributed by atoms with van der Waals surface area (Å²) in [4.78, 5) is 17.4. The third-order valence-electron chi connectivity index (χ3n) is 5.00. The predicted molar refractivity (Wildman–Crippen MR) is 104 cm³/mol. The Morgan fingerprint density at radius 2 is 1.64 bits per heavy atom. The molecule has 0 aliphatic carbocycles. The van der Waals surface area contributed by atoms with Crippen molar-refractivity contribution in [1.29, 1.82) is 0 Å². The van der Waals surface area contributed by atoms with Gasteiger partial charge in [-0.2, -0.15) is 14.6 Å². The molecule has 10 heteroatoms. The Labute approximate surface area is 161 Å². The van der Waals surface area contributed by atoms with Gasteiger partial charge in [0.1, 0.15) is 18.0 Å². The van der Waals surface area contributed by atoms with Crippen LogP contribution < -0.4 is 9.80 Å². The van der Waals surface area contributed by atoms with Crippen LogP contribution in [0.1, 0.15) is 11.5 Å². The van der Waals surface area contributed by atoms with Crippen LogP contribution >= 0.6 is 0 Å². The smallest absolute Gasteiger partial charge is 0.254 e. The number of nitrogens with zero attached hydrogens (tertiary/aromatic N) is 10. The Kier molecular flexibility index (Phi) is 3.89. The average molecular weight is 376 g/mol. The quantitative estimate of drug-likeness (QED) is 0.524. The molecule has 1 aliphatic heterocycles. The lowest BCUT2D eigenvalue weighted by Crippen LogP contribution is -2.47. The zero-order valence-electron chi connectivity index (χ0n) is 15.8. The molecule has 1 saturated heterocycles. The number of piperazine rings is 1. The molecule has 0 bridgehead atoms. The van der Waals surface area contributed by atoms with Gasteiger partial charge in [0.2, 0.25) is 0 Å². The third kappa shape index (κ3) is 2.82.